The van der Waals surface area contributed by atoms with Gasteiger partial charge in [0.25, 0.3) is 0 Å². The molecule has 0 aromatic heterocycles. The summed E-state index contributed by atoms with van der Waals surface area (Å²) in [6.45, 7) is 0.577. The number of fused-ring (bicyclic) bond motifs is 3. The third-order valence-corrected chi connectivity index (χ3v) is 12.1. The minimum atomic E-state index is -4.86. The summed E-state index contributed by atoms with van der Waals surface area (Å²) >= 11 is 0. The fraction of sp³-hybridized carbons (Fsp3) is 0.297. The molecule has 10 heteroatoms. The molecule has 2 saturated heterocycles. The van der Waals surface area contributed by atoms with E-state index in [-0.39, 0.29) is 29.7 Å². The topological polar surface area (TPSA) is 65.1 Å². The molecule has 6 nitrogen and oxygen atoms in total. The Morgan fingerprint density at radius 1 is 0.915 bits per heavy atom. The van der Waals surface area contributed by atoms with Crippen LogP contribution in [0.25, 0.3) is 5.57 Å². The Labute approximate surface area is 272 Å². The van der Waals surface area contributed by atoms with Gasteiger partial charge in [0, 0.05) is 18.2 Å². The lowest BCUT2D eigenvalue weighted by Gasteiger charge is -2.55. The molecule has 3 aliphatic heterocycles. The van der Waals surface area contributed by atoms with Gasteiger partial charge in [-0.1, -0.05) is 78.9 Å². The van der Waals surface area contributed by atoms with Crippen molar-refractivity contribution in [3.8, 4) is 11.5 Å². The number of halogens is 3. The summed E-state index contributed by atoms with van der Waals surface area (Å²) in [6.07, 6.45) is -1.53. The van der Waals surface area contributed by atoms with Crippen LogP contribution >= 0.6 is 0 Å². The van der Waals surface area contributed by atoms with E-state index in [0.717, 1.165) is 11.1 Å². The minimum absolute atomic E-state index is 0.0976. The monoisotopic (exact) mass is 661 g/mol. The van der Waals surface area contributed by atoms with Gasteiger partial charge < -0.3 is 14.2 Å². The zero-order chi connectivity index (χ0) is 32.9. The summed E-state index contributed by atoms with van der Waals surface area (Å²) in [6, 6.07) is 32.1. The van der Waals surface area contributed by atoms with E-state index in [4.69, 9.17) is 9.47 Å². The fourth-order valence-corrected chi connectivity index (χ4v) is 10.0. The second-order valence-electron chi connectivity index (χ2n) is 12.3. The molecule has 4 aromatic rings. The number of hydrogen-bond donors (Lipinski definition) is 0. The van der Waals surface area contributed by atoms with Gasteiger partial charge in [0.2, 0.25) is 0 Å². The number of piperidine rings is 1. The van der Waals surface area contributed by atoms with Crippen molar-refractivity contribution < 1.29 is 35.8 Å². The lowest BCUT2D eigenvalue weighted by Crippen LogP contribution is -2.62. The first-order valence-corrected chi connectivity index (χ1v) is 17.1. The molecule has 2 bridgehead atoms. The Hall–Kier alpha value is -4.12. The number of benzene rings is 4. The highest BCUT2D eigenvalue weighted by Gasteiger charge is 2.69. The predicted octanol–water partition coefficient (Wildman–Crippen LogP) is 7.55. The number of alkyl halides is 3. The van der Waals surface area contributed by atoms with Crippen LogP contribution in [-0.4, -0.2) is 50.3 Å². The van der Waals surface area contributed by atoms with Crippen molar-refractivity contribution in [2.75, 3.05) is 13.7 Å². The lowest BCUT2D eigenvalue weighted by atomic mass is 9.68. The van der Waals surface area contributed by atoms with Crippen LogP contribution in [-0.2, 0) is 26.7 Å². The second-order valence-corrected chi connectivity index (χ2v) is 14.5. The smallest absolute Gasteiger partial charge is 0.496 e. The van der Waals surface area contributed by atoms with Gasteiger partial charge in [-0.15, -0.1) is 13.2 Å². The highest BCUT2D eigenvalue weighted by Crippen LogP contribution is 2.62. The second kappa shape index (κ2) is 11.8. The van der Waals surface area contributed by atoms with E-state index in [1.54, 1.807) is 30.3 Å². The molecule has 0 amide bonds. The van der Waals surface area contributed by atoms with Crippen molar-refractivity contribution in [1.29, 1.82) is 0 Å². The standard InChI is InChI=1S/C37H34F3NO5S/c1-44-33-18-17-29(46-37(38,39)40)21-31(33)27-22-35(45-25-27)20-19-32-34(47(42,43)30-15-9-4-10-16-30)23-36(35,28-13-7-3-8-14-28)41(32)24-26-11-5-2-6-12-26/h2-18,21-22,32,34H,19-20,23-25H2,1H3. The first-order chi connectivity index (χ1) is 22.6. The molecule has 4 atom stereocenters. The SMILES string of the molecule is COc1ccc(OC(F)(F)F)cc1C1=CC2(CCC3C(S(=O)(=O)c4ccccc4)CC2(c2ccccc2)N3Cc2ccccc2)OC1. The molecule has 3 heterocycles. The van der Waals surface area contributed by atoms with Crippen molar-refractivity contribution in [3.05, 3.63) is 132 Å². The number of methoxy groups -OCH3 is 1. The van der Waals surface area contributed by atoms with Gasteiger partial charge in [0.1, 0.15) is 17.1 Å². The van der Waals surface area contributed by atoms with Crippen molar-refractivity contribution in [2.45, 2.75) is 59.5 Å². The number of rotatable bonds is 8. The summed E-state index contributed by atoms with van der Waals surface area (Å²) in [4.78, 5) is 2.59. The molecule has 0 radical (unpaired) electrons. The first-order valence-electron chi connectivity index (χ1n) is 15.5. The van der Waals surface area contributed by atoms with Crippen molar-refractivity contribution in [2.24, 2.45) is 0 Å². The highest BCUT2D eigenvalue weighted by molar-refractivity contribution is 7.92. The molecule has 3 aliphatic rings. The van der Waals surface area contributed by atoms with Gasteiger partial charge in [-0.3, -0.25) is 4.90 Å². The van der Waals surface area contributed by atoms with Gasteiger partial charge in [-0.05, 0) is 72.4 Å². The van der Waals surface area contributed by atoms with Crippen LogP contribution in [0.15, 0.2) is 120 Å². The Morgan fingerprint density at radius 3 is 2.23 bits per heavy atom. The van der Waals surface area contributed by atoms with Crippen molar-refractivity contribution in [3.63, 3.8) is 0 Å². The maximum Gasteiger partial charge on any atom is 0.573 e. The highest BCUT2D eigenvalue weighted by atomic mass is 32.2. The number of nitrogens with zero attached hydrogens (tertiary/aromatic N) is 1. The normalized spacial score (nSPS) is 25.9. The number of sulfone groups is 1. The summed E-state index contributed by atoms with van der Waals surface area (Å²) in [7, 11) is -2.31. The van der Waals surface area contributed by atoms with Gasteiger partial charge >= 0.3 is 6.36 Å². The molecule has 244 valence electrons. The molecule has 4 aromatic carbocycles. The molecule has 0 N–H and O–H groups in total. The van der Waals surface area contributed by atoms with Crippen LogP contribution in [0.4, 0.5) is 13.2 Å². The molecule has 0 saturated carbocycles. The van der Waals surface area contributed by atoms with Crippen molar-refractivity contribution >= 4 is 15.4 Å². The minimum Gasteiger partial charge on any atom is -0.496 e. The third kappa shape index (κ3) is 5.42. The molecule has 47 heavy (non-hydrogen) atoms. The van der Waals surface area contributed by atoms with Gasteiger partial charge in [0.05, 0.1) is 29.4 Å². The average molecular weight is 662 g/mol. The fourth-order valence-electron chi connectivity index (χ4n) is 7.98. The molecule has 1 spiro atoms. The third-order valence-electron chi connectivity index (χ3n) is 9.89. The molecule has 4 unspecified atom stereocenters. The average Bonchev–Trinajstić information content (AvgIpc) is 3.61. The first kappa shape index (κ1) is 31.5. The van der Waals surface area contributed by atoms with E-state index in [9.17, 15) is 21.6 Å². The van der Waals surface area contributed by atoms with Crippen LogP contribution in [0, 0.1) is 0 Å². The van der Waals surface area contributed by atoms with E-state index < -0.39 is 32.6 Å². The summed E-state index contributed by atoms with van der Waals surface area (Å²) in [5.74, 6) is 0.0168. The van der Waals surface area contributed by atoms with E-state index in [0.29, 0.717) is 36.3 Å². The van der Waals surface area contributed by atoms with Crippen LogP contribution in [0.1, 0.15) is 36.0 Å². The number of hydrogen-bond acceptors (Lipinski definition) is 6. The Balaban J connectivity index is 1.42. The van der Waals surface area contributed by atoms with E-state index >= 15 is 0 Å². The van der Waals surface area contributed by atoms with Crippen molar-refractivity contribution in [1.82, 2.24) is 4.90 Å². The molecule has 2 fully saturated rings. The molecule has 0 aliphatic carbocycles. The zero-order valence-corrected chi connectivity index (χ0v) is 26.5. The number of ether oxygens (including phenoxy) is 3. The van der Waals surface area contributed by atoms with E-state index in [1.165, 1.54) is 25.3 Å². The molecular formula is C37H34F3NO5S. The van der Waals surface area contributed by atoms with Crippen LogP contribution in [0.2, 0.25) is 0 Å². The molecule has 7 rings (SSSR count). The van der Waals surface area contributed by atoms with Gasteiger partial charge in [0.15, 0.2) is 9.84 Å². The maximum absolute atomic E-state index is 14.5. The zero-order valence-electron chi connectivity index (χ0n) is 25.7. The summed E-state index contributed by atoms with van der Waals surface area (Å²) in [5.41, 5.74) is 1.12. The largest absolute Gasteiger partial charge is 0.573 e. The van der Waals surface area contributed by atoms with Gasteiger partial charge in [-0.25, -0.2) is 8.42 Å². The Kier molecular flexibility index (Phi) is 7.93. The van der Waals surface area contributed by atoms with Crippen LogP contribution in [0.5, 0.6) is 11.5 Å². The maximum atomic E-state index is 14.5. The van der Waals surface area contributed by atoms with E-state index in [2.05, 4.69) is 9.64 Å². The Morgan fingerprint density at radius 2 is 1.57 bits per heavy atom. The summed E-state index contributed by atoms with van der Waals surface area (Å²) in [5, 5.41) is -0.729. The van der Waals surface area contributed by atoms with E-state index in [1.807, 2.05) is 66.7 Å². The lowest BCUT2D eigenvalue weighted by molar-refractivity contribution is -0.274. The molecular weight excluding hydrogens is 627 g/mol. The quantitative estimate of drug-likeness (QED) is 0.194. The predicted molar refractivity (Wildman–Crippen MR) is 171 cm³/mol. The van der Waals surface area contributed by atoms with Gasteiger partial charge in [-0.2, -0.15) is 0 Å². The van der Waals surface area contributed by atoms with Crippen LogP contribution < -0.4 is 9.47 Å². The Bertz CT molecular complexity index is 1890. The summed E-state index contributed by atoms with van der Waals surface area (Å²) < 4.78 is 85.2. The van der Waals surface area contributed by atoms with Crippen LogP contribution in [0.3, 0.4) is 0 Å².